The molecule has 0 spiro atoms. The van der Waals surface area contributed by atoms with E-state index in [2.05, 4.69) is 27.8 Å². The number of likely N-dealkylation sites (N-methyl/N-ethyl adjacent to an activating group) is 1. The molecule has 2 saturated heterocycles. The Bertz CT molecular complexity index is 1580. The van der Waals surface area contributed by atoms with Gasteiger partial charge in [-0.1, -0.05) is 13.0 Å². The molecule has 11 nitrogen and oxygen atoms in total. The molecule has 7 atom stereocenters. The Morgan fingerprint density at radius 2 is 1.91 bits per heavy atom. The standard InChI is InChI=1S/C32H37N3O8S/c1-14-8-17-9-18-31(33-4)35-19-10-40-32(37)15(2)11-44-30(22-21(19)29-27(42-13-43-29)16(3)25(22)36)24(35)23(34(18)5)20(17)28(26(14)39-7)41-12-38-6/h8,15,18-19,23-24,30-31,36H,9-13H2,1-3,5-7H3/t15-,18-,19+,23+,24?,30+,31+/m0/s1. The third kappa shape index (κ3) is 4.02. The van der Waals surface area contributed by atoms with Crippen molar-refractivity contribution in [3.63, 3.8) is 0 Å². The number of benzene rings is 2. The zero-order valence-electron chi connectivity index (χ0n) is 25.7. The highest BCUT2D eigenvalue weighted by Crippen LogP contribution is 2.64. The van der Waals surface area contributed by atoms with Gasteiger partial charge in [0.2, 0.25) is 6.79 Å². The summed E-state index contributed by atoms with van der Waals surface area (Å²) >= 11 is 1.61. The van der Waals surface area contributed by atoms with E-state index in [0.717, 1.165) is 27.8 Å². The predicted octanol–water partition coefficient (Wildman–Crippen LogP) is 4.28. The number of hydrogen-bond donors (Lipinski definition) is 1. The van der Waals surface area contributed by atoms with Gasteiger partial charge in [0.05, 0.1) is 36.4 Å². The number of phenolic OH excluding ortho intramolecular Hbond substituents is 1. The summed E-state index contributed by atoms with van der Waals surface area (Å²) in [5.74, 6) is 2.35. The van der Waals surface area contributed by atoms with Gasteiger partial charge in [-0.2, -0.15) is 11.8 Å². The SMILES string of the molecule is [C-]#[N+][C@H]1[C@@H]2Cc3cc(C)c(OC)c(OCOC)c3[C@H](C3[C@@H]4SC[C@H](C)C(=O)OC[C@H](c5c6c(c(C)c(O)c54)OCO6)N31)N2C. The Hall–Kier alpha value is -3.37. The van der Waals surface area contributed by atoms with Gasteiger partial charge < -0.3 is 33.5 Å². The molecule has 1 N–H and O–H groups in total. The second-order valence-corrected chi connectivity index (χ2v) is 13.4. The summed E-state index contributed by atoms with van der Waals surface area (Å²) in [6.45, 7) is 14.3. The number of ether oxygens (including phenoxy) is 6. The molecule has 5 aliphatic rings. The highest BCUT2D eigenvalue weighted by atomic mass is 32.2. The number of carbonyl (C=O) groups excluding carboxylic acids is 1. The van der Waals surface area contributed by atoms with Gasteiger partial charge in [0.1, 0.15) is 18.4 Å². The van der Waals surface area contributed by atoms with E-state index in [9.17, 15) is 9.90 Å². The molecule has 2 fully saturated rings. The van der Waals surface area contributed by atoms with E-state index in [1.165, 1.54) is 0 Å². The Morgan fingerprint density at radius 1 is 1.14 bits per heavy atom. The number of carbonyl (C=O) groups is 1. The Labute approximate surface area is 261 Å². The van der Waals surface area contributed by atoms with Crippen LogP contribution in [-0.4, -0.2) is 86.3 Å². The summed E-state index contributed by atoms with van der Waals surface area (Å²) < 4.78 is 35.5. The van der Waals surface area contributed by atoms with Crippen LogP contribution in [0.3, 0.4) is 0 Å². The number of methoxy groups -OCH3 is 2. The van der Waals surface area contributed by atoms with E-state index in [1.807, 2.05) is 20.8 Å². The number of nitrogens with zero attached hydrogens (tertiary/aromatic N) is 3. The molecule has 0 radical (unpaired) electrons. The van der Waals surface area contributed by atoms with E-state index in [1.54, 1.807) is 26.0 Å². The zero-order valence-corrected chi connectivity index (χ0v) is 26.5. The molecule has 0 amide bonds. The second-order valence-electron chi connectivity index (χ2n) is 12.2. The number of phenols is 1. The van der Waals surface area contributed by atoms with Crippen LogP contribution in [0.1, 0.15) is 57.6 Å². The molecule has 0 saturated carbocycles. The Balaban J connectivity index is 1.53. The predicted molar refractivity (Wildman–Crippen MR) is 161 cm³/mol. The molecule has 1 unspecified atom stereocenters. The first-order valence-electron chi connectivity index (χ1n) is 14.8. The Morgan fingerprint density at radius 3 is 2.64 bits per heavy atom. The maximum atomic E-state index is 13.1. The van der Waals surface area contributed by atoms with E-state index in [0.29, 0.717) is 40.7 Å². The molecule has 44 heavy (non-hydrogen) atoms. The first-order valence-corrected chi connectivity index (χ1v) is 15.9. The first-order chi connectivity index (χ1) is 21.2. The van der Waals surface area contributed by atoms with Crippen LogP contribution in [0.15, 0.2) is 6.07 Å². The topological polar surface area (TPSA) is 104 Å². The molecular formula is C32H37N3O8S. The van der Waals surface area contributed by atoms with Crippen molar-refractivity contribution in [3.8, 4) is 28.7 Å². The lowest BCUT2D eigenvalue weighted by Gasteiger charge is -2.59. The van der Waals surface area contributed by atoms with E-state index < -0.39 is 12.2 Å². The lowest BCUT2D eigenvalue weighted by Crippen LogP contribution is -2.68. The van der Waals surface area contributed by atoms with Gasteiger partial charge in [-0.3, -0.25) is 14.5 Å². The van der Waals surface area contributed by atoms with Crippen molar-refractivity contribution in [1.82, 2.24) is 9.80 Å². The minimum absolute atomic E-state index is 0.0225. The number of fused-ring (bicyclic) bond motifs is 9. The second kappa shape index (κ2) is 10.9. The summed E-state index contributed by atoms with van der Waals surface area (Å²) in [7, 11) is 5.31. The van der Waals surface area contributed by atoms with Crippen LogP contribution in [0.5, 0.6) is 28.7 Å². The van der Waals surface area contributed by atoms with Crippen LogP contribution in [0, 0.1) is 26.3 Å². The molecule has 5 aliphatic heterocycles. The maximum absolute atomic E-state index is 13.1. The van der Waals surface area contributed by atoms with Gasteiger partial charge in [0, 0.05) is 35.1 Å². The molecule has 12 heteroatoms. The molecule has 0 aliphatic carbocycles. The van der Waals surface area contributed by atoms with Crippen LogP contribution < -0.4 is 18.9 Å². The van der Waals surface area contributed by atoms with Crippen LogP contribution in [0.25, 0.3) is 4.85 Å². The van der Waals surface area contributed by atoms with Gasteiger partial charge in [0.25, 0.3) is 6.17 Å². The lowest BCUT2D eigenvalue weighted by atomic mass is 9.72. The summed E-state index contributed by atoms with van der Waals surface area (Å²) in [6.07, 6.45) is 0.0658. The third-order valence-electron chi connectivity index (χ3n) is 9.91. The summed E-state index contributed by atoms with van der Waals surface area (Å²) in [5.41, 5.74) is 5.17. The van der Waals surface area contributed by atoms with Crippen molar-refractivity contribution in [2.45, 2.75) is 62.8 Å². The van der Waals surface area contributed by atoms with Crippen molar-refractivity contribution in [1.29, 1.82) is 0 Å². The fourth-order valence-corrected chi connectivity index (χ4v) is 9.52. The zero-order chi connectivity index (χ0) is 31.0. The van der Waals surface area contributed by atoms with Crippen LogP contribution in [0.2, 0.25) is 0 Å². The number of hydrogen-bond acceptors (Lipinski definition) is 11. The first kappa shape index (κ1) is 29.3. The van der Waals surface area contributed by atoms with Crippen LogP contribution in [0.4, 0.5) is 0 Å². The van der Waals surface area contributed by atoms with E-state index >= 15 is 0 Å². The average molecular weight is 624 g/mol. The van der Waals surface area contributed by atoms with Gasteiger partial charge in [-0.05, 0) is 38.4 Å². The highest BCUT2D eigenvalue weighted by Gasteiger charge is 2.62. The lowest BCUT2D eigenvalue weighted by molar-refractivity contribution is -0.153. The van der Waals surface area contributed by atoms with Gasteiger partial charge in [-0.15, -0.1) is 0 Å². The third-order valence-corrected chi connectivity index (χ3v) is 11.5. The van der Waals surface area contributed by atoms with Crippen molar-refractivity contribution < 1.29 is 38.3 Å². The van der Waals surface area contributed by atoms with Crippen molar-refractivity contribution >= 4 is 17.7 Å². The molecule has 7 rings (SSSR count). The molecule has 234 valence electrons. The number of thioether (sulfide) groups is 1. The van der Waals surface area contributed by atoms with Crippen LogP contribution >= 0.6 is 11.8 Å². The summed E-state index contributed by atoms with van der Waals surface area (Å²) in [6, 6.07) is 0.912. The minimum Gasteiger partial charge on any atom is -0.507 e. The normalized spacial score (nSPS) is 30.5. The highest BCUT2D eigenvalue weighted by molar-refractivity contribution is 7.99. The number of aryl methyl sites for hydroxylation is 1. The molecule has 2 aromatic carbocycles. The van der Waals surface area contributed by atoms with Crippen molar-refractivity contribution in [2.24, 2.45) is 5.92 Å². The largest absolute Gasteiger partial charge is 0.507 e. The van der Waals surface area contributed by atoms with Crippen LogP contribution in [-0.2, 0) is 20.7 Å². The molecular weight excluding hydrogens is 586 g/mol. The quantitative estimate of drug-likeness (QED) is 0.300. The monoisotopic (exact) mass is 623 g/mol. The van der Waals surface area contributed by atoms with Crippen molar-refractivity contribution in [2.75, 3.05) is 47.2 Å². The van der Waals surface area contributed by atoms with Crippen molar-refractivity contribution in [3.05, 3.63) is 50.9 Å². The number of aromatic hydroxyl groups is 1. The van der Waals surface area contributed by atoms with E-state index in [-0.39, 0.29) is 61.2 Å². The summed E-state index contributed by atoms with van der Waals surface area (Å²) in [4.78, 5) is 21.9. The number of rotatable bonds is 4. The van der Waals surface area contributed by atoms with Gasteiger partial charge >= 0.3 is 5.97 Å². The minimum atomic E-state index is -0.557. The fraction of sp³-hybridized carbons (Fsp3) is 0.562. The number of esters is 1. The molecule has 0 aromatic heterocycles. The maximum Gasteiger partial charge on any atom is 0.309 e. The van der Waals surface area contributed by atoms with Gasteiger partial charge in [-0.25, -0.2) is 11.5 Å². The molecule has 2 aromatic rings. The Kier molecular flexibility index (Phi) is 7.28. The fourth-order valence-electron chi connectivity index (χ4n) is 8.00. The number of cyclic esters (lactones) is 1. The number of piperazine rings is 1. The summed E-state index contributed by atoms with van der Waals surface area (Å²) in [5, 5.41) is 11.6. The molecule has 5 heterocycles. The van der Waals surface area contributed by atoms with E-state index in [4.69, 9.17) is 35.0 Å². The smallest absolute Gasteiger partial charge is 0.309 e. The average Bonchev–Trinajstić information content (AvgIpc) is 3.50. The van der Waals surface area contributed by atoms with Gasteiger partial charge in [0.15, 0.2) is 29.8 Å². The molecule has 4 bridgehead atoms.